The van der Waals surface area contributed by atoms with Gasteiger partial charge in [0.05, 0.1) is 11.5 Å². The smallest absolute Gasteiger partial charge is 0.311 e. The summed E-state index contributed by atoms with van der Waals surface area (Å²) in [6.45, 7) is 0.192. The summed E-state index contributed by atoms with van der Waals surface area (Å²) in [6, 6.07) is 12.7. The molecule has 4 nitrogen and oxygen atoms in total. The first kappa shape index (κ1) is 15.3. The van der Waals surface area contributed by atoms with Crippen LogP contribution in [0.2, 0.25) is 0 Å². The molecule has 1 atom stereocenters. The summed E-state index contributed by atoms with van der Waals surface area (Å²) < 4.78 is 18.7. The molecular weight excluding hydrogens is 293 g/mol. The van der Waals surface area contributed by atoms with Crippen molar-refractivity contribution in [3.63, 3.8) is 0 Å². The summed E-state index contributed by atoms with van der Waals surface area (Å²) in [5.74, 6) is -0.148. The van der Waals surface area contributed by atoms with Gasteiger partial charge in [-0.15, -0.1) is 0 Å². The Kier molecular flexibility index (Phi) is 5.16. The molecule has 0 aliphatic rings. The fourth-order valence-corrected chi connectivity index (χ4v) is 2.24. The third-order valence-electron chi connectivity index (χ3n) is 3.05. The minimum absolute atomic E-state index is 0.0302. The highest BCUT2D eigenvalue weighted by Crippen LogP contribution is 2.29. The van der Waals surface area contributed by atoms with Crippen molar-refractivity contribution in [2.75, 3.05) is 12.4 Å². The van der Waals surface area contributed by atoms with E-state index in [9.17, 15) is 14.5 Å². The molecule has 1 unspecified atom stereocenters. The van der Waals surface area contributed by atoms with Crippen LogP contribution in [0.3, 0.4) is 0 Å². The van der Waals surface area contributed by atoms with Crippen LogP contribution in [0.4, 0.5) is 10.1 Å². The van der Waals surface area contributed by atoms with Gasteiger partial charge in [0.25, 0.3) is 0 Å². The number of hydrogen-bond acceptors (Lipinski definition) is 4. The third kappa shape index (κ3) is 3.95. The van der Waals surface area contributed by atoms with Gasteiger partial charge in [-0.1, -0.05) is 30.3 Å². The van der Waals surface area contributed by atoms with E-state index in [-0.39, 0.29) is 24.0 Å². The Bertz CT molecular complexity index is 622. The van der Waals surface area contributed by atoms with E-state index < -0.39 is 10.7 Å². The molecule has 21 heavy (non-hydrogen) atoms. The van der Waals surface area contributed by atoms with E-state index in [2.05, 4.69) is 12.6 Å². The molecule has 0 saturated carbocycles. The monoisotopic (exact) mass is 307 g/mol. The molecule has 0 aliphatic heterocycles. The largest absolute Gasteiger partial charge is 0.486 e. The minimum Gasteiger partial charge on any atom is -0.486 e. The van der Waals surface area contributed by atoms with E-state index in [1.54, 1.807) is 0 Å². The number of hydrogen-bond donors (Lipinski definition) is 1. The summed E-state index contributed by atoms with van der Waals surface area (Å²) in [4.78, 5) is 10.3. The van der Waals surface area contributed by atoms with Gasteiger partial charge in [0.15, 0.2) is 5.75 Å². The van der Waals surface area contributed by atoms with E-state index >= 15 is 0 Å². The van der Waals surface area contributed by atoms with Crippen molar-refractivity contribution in [2.45, 2.75) is 5.92 Å². The maximum atomic E-state index is 13.2. The standard InChI is InChI=1S/C15H14FNO3S/c16-13-6-7-14(17(18)19)15(8-13)20-9-12(10-21)11-4-2-1-3-5-11/h1-8,12,21H,9-10H2. The molecule has 6 heteroatoms. The summed E-state index contributed by atoms with van der Waals surface area (Å²) >= 11 is 4.27. The summed E-state index contributed by atoms with van der Waals surface area (Å²) in [5, 5.41) is 10.9. The topological polar surface area (TPSA) is 52.4 Å². The fourth-order valence-electron chi connectivity index (χ4n) is 1.92. The molecular formula is C15H14FNO3S. The lowest BCUT2D eigenvalue weighted by atomic mass is 10.0. The van der Waals surface area contributed by atoms with Gasteiger partial charge in [-0.3, -0.25) is 10.1 Å². The lowest BCUT2D eigenvalue weighted by Gasteiger charge is -2.16. The van der Waals surface area contributed by atoms with E-state index in [4.69, 9.17) is 4.74 Å². The average molecular weight is 307 g/mol. The molecule has 0 saturated heterocycles. The fraction of sp³-hybridized carbons (Fsp3) is 0.200. The van der Waals surface area contributed by atoms with Crippen molar-refractivity contribution in [2.24, 2.45) is 0 Å². The molecule has 0 spiro atoms. The first-order valence-electron chi connectivity index (χ1n) is 6.34. The molecule has 0 fully saturated rings. The van der Waals surface area contributed by atoms with Crippen molar-refractivity contribution in [1.29, 1.82) is 0 Å². The number of halogens is 1. The van der Waals surface area contributed by atoms with Crippen LogP contribution in [0.15, 0.2) is 48.5 Å². The van der Waals surface area contributed by atoms with Crippen LogP contribution in [-0.2, 0) is 0 Å². The molecule has 0 aromatic heterocycles. The SMILES string of the molecule is O=[N+]([O-])c1ccc(F)cc1OCC(CS)c1ccccc1. The second-order valence-corrected chi connectivity index (χ2v) is 4.84. The van der Waals surface area contributed by atoms with E-state index in [1.807, 2.05) is 30.3 Å². The number of thiol groups is 1. The molecule has 0 N–H and O–H groups in total. The zero-order chi connectivity index (χ0) is 15.2. The maximum Gasteiger partial charge on any atom is 0.311 e. The van der Waals surface area contributed by atoms with E-state index in [0.717, 1.165) is 23.8 Å². The van der Waals surface area contributed by atoms with Gasteiger partial charge in [-0.2, -0.15) is 12.6 Å². The van der Waals surface area contributed by atoms with Crippen LogP contribution in [0.1, 0.15) is 11.5 Å². The normalized spacial score (nSPS) is 11.9. The predicted octanol–water partition coefficient (Wildman–Crippen LogP) is 3.83. The molecule has 0 heterocycles. The van der Waals surface area contributed by atoms with Crippen molar-refractivity contribution >= 4 is 18.3 Å². The highest BCUT2D eigenvalue weighted by molar-refractivity contribution is 7.80. The molecule has 2 rings (SSSR count). The number of nitro benzene ring substituents is 1. The second-order valence-electron chi connectivity index (χ2n) is 4.47. The Balaban J connectivity index is 2.15. The van der Waals surface area contributed by atoms with Gasteiger partial charge < -0.3 is 4.74 Å². The number of nitro groups is 1. The Morgan fingerprint density at radius 2 is 1.95 bits per heavy atom. The summed E-state index contributed by atoms with van der Waals surface area (Å²) in [5.41, 5.74) is 0.772. The second kappa shape index (κ2) is 7.08. The first-order chi connectivity index (χ1) is 10.1. The molecule has 110 valence electrons. The average Bonchev–Trinajstić information content (AvgIpc) is 2.48. The van der Waals surface area contributed by atoms with Crippen molar-refractivity contribution in [3.05, 3.63) is 70.0 Å². The van der Waals surface area contributed by atoms with Crippen LogP contribution in [0, 0.1) is 15.9 Å². The number of ether oxygens (including phenoxy) is 1. The van der Waals surface area contributed by atoms with Gasteiger partial charge >= 0.3 is 5.69 Å². The van der Waals surface area contributed by atoms with Crippen LogP contribution < -0.4 is 4.74 Å². The zero-order valence-electron chi connectivity index (χ0n) is 11.1. The quantitative estimate of drug-likeness (QED) is 0.501. The highest BCUT2D eigenvalue weighted by atomic mass is 32.1. The van der Waals surface area contributed by atoms with Gasteiger partial charge in [0.1, 0.15) is 5.82 Å². The number of nitrogens with zero attached hydrogens (tertiary/aromatic N) is 1. The van der Waals surface area contributed by atoms with Gasteiger partial charge in [0, 0.05) is 23.8 Å². The highest BCUT2D eigenvalue weighted by Gasteiger charge is 2.18. The zero-order valence-corrected chi connectivity index (χ0v) is 12.0. The van der Waals surface area contributed by atoms with Crippen LogP contribution in [0.5, 0.6) is 5.75 Å². The van der Waals surface area contributed by atoms with Crippen molar-refractivity contribution in [1.82, 2.24) is 0 Å². The van der Waals surface area contributed by atoms with Gasteiger partial charge in [-0.25, -0.2) is 4.39 Å². The van der Waals surface area contributed by atoms with Crippen LogP contribution in [-0.4, -0.2) is 17.3 Å². The Hall–Kier alpha value is -2.08. The van der Waals surface area contributed by atoms with Crippen LogP contribution in [0.25, 0.3) is 0 Å². The van der Waals surface area contributed by atoms with E-state index in [1.165, 1.54) is 0 Å². The summed E-state index contributed by atoms with van der Waals surface area (Å²) in [6.07, 6.45) is 0. The Labute approximate surface area is 127 Å². The van der Waals surface area contributed by atoms with Gasteiger partial charge in [-0.05, 0) is 11.6 Å². The van der Waals surface area contributed by atoms with Gasteiger partial charge in [0.2, 0.25) is 0 Å². The lowest BCUT2D eigenvalue weighted by Crippen LogP contribution is -2.12. The number of benzene rings is 2. The maximum absolute atomic E-state index is 13.2. The molecule has 0 radical (unpaired) electrons. The third-order valence-corrected chi connectivity index (χ3v) is 3.49. The predicted molar refractivity (Wildman–Crippen MR) is 81.6 cm³/mol. The van der Waals surface area contributed by atoms with E-state index in [0.29, 0.717) is 5.75 Å². The van der Waals surface area contributed by atoms with Crippen LogP contribution >= 0.6 is 12.6 Å². The molecule has 2 aromatic carbocycles. The lowest BCUT2D eigenvalue weighted by molar-refractivity contribution is -0.385. The van der Waals surface area contributed by atoms with Crippen molar-refractivity contribution < 1.29 is 14.1 Å². The summed E-state index contributed by atoms with van der Waals surface area (Å²) in [7, 11) is 0. The molecule has 0 bridgehead atoms. The first-order valence-corrected chi connectivity index (χ1v) is 6.97. The Morgan fingerprint density at radius 3 is 2.57 bits per heavy atom. The van der Waals surface area contributed by atoms with Crippen molar-refractivity contribution in [3.8, 4) is 5.75 Å². The Morgan fingerprint density at radius 1 is 1.24 bits per heavy atom. The molecule has 0 amide bonds. The molecule has 2 aromatic rings. The minimum atomic E-state index is -0.590. The number of rotatable bonds is 6. The molecule has 0 aliphatic carbocycles.